The molecule has 3 N–H and O–H groups in total. The largest absolute Gasteiger partial charge is 0.393 e. The molecule has 3 atom stereocenters. The quantitative estimate of drug-likeness (QED) is 0.642. The topological polar surface area (TPSA) is 105 Å². The summed E-state index contributed by atoms with van der Waals surface area (Å²) in [5, 5.41) is 19.6. The van der Waals surface area contributed by atoms with Gasteiger partial charge in [0.05, 0.1) is 12.7 Å². The fourth-order valence-corrected chi connectivity index (χ4v) is 2.41. The Morgan fingerprint density at radius 3 is 2.95 bits per heavy atom. The summed E-state index contributed by atoms with van der Waals surface area (Å²) < 4.78 is 6.90. The smallest absolute Gasteiger partial charge is 0.330 e. The number of ether oxygens (including phenoxy) is 1. The van der Waals surface area contributed by atoms with E-state index in [1.165, 1.54) is 10.8 Å². The first-order chi connectivity index (χ1) is 9.43. The molecule has 0 radical (unpaired) electrons. The van der Waals surface area contributed by atoms with E-state index >= 15 is 0 Å². The van der Waals surface area contributed by atoms with Gasteiger partial charge in [-0.1, -0.05) is 6.08 Å². The fraction of sp³-hybridized carbons (Fsp3) is 0.538. The van der Waals surface area contributed by atoms with E-state index in [1.54, 1.807) is 13.0 Å². The molecule has 0 saturated carbocycles. The van der Waals surface area contributed by atoms with Crippen LogP contribution in [-0.2, 0) is 4.74 Å². The van der Waals surface area contributed by atoms with Crippen LogP contribution in [0, 0.1) is 6.92 Å². The first-order valence-electron chi connectivity index (χ1n) is 6.33. The Labute approximate surface area is 115 Å². The highest BCUT2D eigenvalue weighted by Crippen LogP contribution is 2.38. The lowest BCUT2D eigenvalue weighted by molar-refractivity contribution is -0.126. The second-order valence-electron chi connectivity index (χ2n) is 5.02. The summed E-state index contributed by atoms with van der Waals surface area (Å²) in [7, 11) is 0. The predicted octanol–water partition coefficient (Wildman–Crippen LogP) is -0.568. The van der Waals surface area contributed by atoms with Crippen molar-refractivity contribution in [2.75, 3.05) is 6.61 Å². The van der Waals surface area contributed by atoms with Gasteiger partial charge in [0.2, 0.25) is 0 Å². The van der Waals surface area contributed by atoms with Gasteiger partial charge in [-0.05, 0) is 13.3 Å². The maximum absolute atomic E-state index is 11.8. The molecule has 0 unspecified atom stereocenters. The van der Waals surface area contributed by atoms with E-state index in [0.717, 1.165) is 0 Å². The number of hydrogen-bond donors (Lipinski definition) is 3. The van der Waals surface area contributed by atoms with Gasteiger partial charge in [-0.3, -0.25) is 14.3 Å². The number of nitrogens with zero attached hydrogens (tertiary/aromatic N) is 1. The number of aromatic amines is 1. The Kier molecular flexibility index (Phi) is 3.94. The highest BCUT2D eigenvalue weighted by atomic mass is 16.6. The lowest BCUT2D eigenvalue weighted by Gasteiger charge is -2.28. The maximum Gasteiger partial charge on any atom is 0.330 e. The molecule has 0 amide bonds. The molecular weight excluding hydrogens is 264 g/mol. The SMILES string of the molecule is C=CC[C@]1(CO)O[C@@H](n2cc(C)c(=O)[nH]c2=O)C[C@@H]1O. The molecule has 2 rings (SSSR count). The Balaban J connectivity index is 2.37. The monoisotopic (exact) mass is 282 g/mol. The first kappa shape index (κ1) is 14.7. The third kappa shape index (κ3) is 2.35. The lowest BCUT2D eigenvalue weighted by atomic mass is 9.94. The van der Waals surface area contributed by atoms with Crippen LogP contribution in [0.2, 0.25) is 0 Å². The van der Waals surface area contributed by atoms with Crippen molar-refractivity contribution in [2.24, 2.45) is 0 Å². The van der Waals surface area contributed by atoms with Crippen LogP contribution in [0.1, 0.15) is 24.6 Å². The molecule has 1 saturated heterocycles. The number of aliphatic hydroxyl groups is 2. The van der Waals surface area contributed by atoms with E-state index in [-0.39, 0.29) is 19.4 Å². The Morgan fingerprint density at radius 1 is 1.65 bits per heavy atom. The van der Waals surface area contributed by atoms with Crippen molar-refractivity contribution in [3.8, 4) is 0 Å². The number of aryl methyl sites for hydroxylation is 1. The van der Waals surface area contributed by atoms with Crippen molar-refractivity contribution >= 4 is 0 Å². The Bertz CT molecular complexity index is 620. The van der Waals surface area contributed by atoms with Gasteiger partial charge < -0.3 is 14.9 Å². The van der Waals surface area contributed by atoms with Gasteiger partial charge >= 0.3 is 5.69 Å². The van der Waals surface area contributed by atoms with Crippen LogP contribution in [0.5, 0.6) is 0 Å². The normalized spacial score (nSPS) is 29.6. The molecule has 0 aromatic carbocycles. The van der Waals surface area contributed by atoms with Crippen molar-refractivity contribution in [1.29, 1.82) is 0 Å². The van der Waals surface area contributed by atoms with Crippen LogP contribution in [0.3, 0.4) is 0 Å². The molecule has 1 aromatic heterocycles. The van der Waals surface area contributed by atoms with E-state index in [1.807, 2.05) is 0 Å². The zero-order chi connectivity index (χ0) is 14.9. The van der Waals surface area contributed by atoms with Gasteiger partial charge in [-0.15, -0.1) is 6.58 Å². The summed E-state index contributed by atoms with van der Waals surface area (Å²) >= 11 is 0. The number of aromatic nitrogens is 2. The molecule has 7 heteroatoms. The van der Waals surface area contributed by atoms with Gasteiger partial charge in [0.15, 0.2) is 0 Å². The summed E-state index contributed by atoms with van der Waals surface area (Å²) in [5.74, 6) is 0. The molecule has 20 heavy (non-hydrogen) atoms. The molecule has 1 aliphatic heterocycles. The van der Waals surface area contributed by atoms with Crippen LogP contribution in [-0.4, -0.2) is 38.1 Å². The van der Waals surface area contributed by atoms with E-state index in [0.29, 0.717) is 5.56 Å². The predicted molar refractivity (Wildman–Crippen MR) is 71.4 cm³/mol. The van der Waals surface area contributed by atoms with Crippen molar-refractivity contribution in [3.63, 3.8) is 0 Å². The maximum atomic E-state index is 11.8. The number of rotatable bonds is 4. The second-order valence-corrected chi connectivity index (χ2v) is 5.02. The number of aliphatic hydroxyl groups excluding tert-OH is 2. The average molecular weight is 282 g/mol. The minimum atomic E-state index is -1.16. The summed E-state index contributed by atoms with van der Waals surface area (Å²) in [6, 6.07) is 0. The molecule has 0 bridgehead atoms. The molecule has 7 nitrogen and oxygen atoms in total. The number of H-pyrrole nitrogens is 1. The number of hydrogen-bond acceptors (Lipinski definition) is 5. The van der Waals surface area contributed by atoms with E-state index < -0.39 is 29.2 Å². The average Bonchev–Trinajstić information content (AvgIpc) is 2.72. The van der Waals surface area contributed by atoms with Crippen molar-refractivity contribution in [1.82, 2.24) is 9.55 Å². The van der Waals surface area contributed by atoms with Gasteiger partial charge in [0.1, 0.15) is 11.8 Å². The summed E-state index contributed by atoms with van der Waals surface area (Å²) in [6.45, 7) is 4.77. The van der Waals surface area contributed by atoms with Gasteiger partial charge in [-0.25, -0.2) is 4.79 Å². The zero-order valence-electron chi connectivity index (χ0n) is 11.2. The van der Waals surface area contributed by atoms with Gasteiger partial charge in [0.25, 0.3) is 5.56 Å². The fourth-order valence-electron chi connectivity index (χ4n) is 2.41. The Hall–Kier alpha value is -1.70. The van der Waals surface area contributed by atoms with Crippen LogP contribution in [0.25, 0.3) is 0 Å². The highest BCUT2D eigenvalue weighted by molar-refractivity contribution is 5.04. The van der Waals surface area contributed by atoms with Crippen LogP contribution >= 0.6 is 0 Å². The molecule has 0 spiro atoms. The van der Waals surface area contributed by atoms with Crippen molar-refractivity contribution in [2.45, 2.75) is 37.7 Å². The van der Waals surface area contributed by atoms with Crippen molar-refractivity contribution < 1.29 is 14.9 Å². The van der Waals surface area contributed by atoms with Crippen molar-refractivity contribution in [3.05, 3.63) is 45.3 Å². The number of nitrogens with one attached hydrogen (secondary N) is 1. The van der Waals surface area contributed by atoms with Crippen LogP contribution in [0.4, 0.5) is 0 Å². The summed E-state index contributed by atoms with van der Waals surface area (Å²) in [4.78, 5) is 25.3. The molecule has 1 aromatic rings. The van der Waals surface area contributed by atoms with E-state index in [2.05, 4.69) is 11.6 Å². The van der Waals surface area contributed by atoms with E-state index in [9.17, 15) is 19.8 Å². The molecule has 110 valence electrons. The minimum absolute atomic E-state index is 0.153. The molecule has 1 fully saturated rings. The molecular formula is C13H18N2O5. The minimum Gasteiger partial charge on any atom is -0.393 e. The first-order valence-corrected chi connectivity index (χ1v) is 6.33. The molecule has 1 aliphatic rings. The summed E-state index contributed by atoms with van der Waals surface area (Å²) in [5.41, 5.74) is -1.85. The second kappa shape index (κ2) is 5.35. The molecule has 2 heterocycles. The van der Waals surface area contributed by atoms with E-state index in [4.69, 9.17) is 4.74 Å². The highest BCUT2D eigenvalue weighted by Gasteiger charge is 2.47. The summed E-state index contributed by atoms with van der Waals surface area (Å²) in [6.07, 6.45) is 1.69. The van der Waals surface area contributed by atoms with Gasteiger partial charge in [-0.2, -0.15) is 0 Å². The Morgan fingerprint density at radius 2 is 2.35 bits per heavy atom. The third-order valence-electron chi connectivity index (χ3n) is 3.62. The lowest BCUT2D eigenvalue weighted by Crippen LogP contribution is -2.43. The van der Waals surface area contributed by atoms with Gasteiger partial charge in [0, 0.05) is 18.2 Å². The van der Waals surface area contributed by atoms with Crippen LogP contribution < -0.4 is 11.2 Å². The molecule has 0 aliphatic carbocycles. The standard InChI is InChI=1S/C13H18N2O5/c1-3-4-13(7-16)9(17)5-10(20-13)15-6-8(2)11(18)14-12(15)19/h3,6,9-10,16-17H,1,4-5,7H2,2H3,(H,14,18,19)/t9-,10+,13+/m0/s1. The zero-order valence-corrected chi connectivity index (χ0v) is 11.2. The third-order valence-corrected chi connectivity index (χ3v) is 3.62. The van der Waals surface area contributed by atoms with Crippen LogP contribution in [0.15, 0.2) is 28.4 Å².